The predicted molar refractivity (Wildman–Crippen MR) is 69.1 cm³/mol. The van der Waals surface area contributed by atoms with Crippen molar-refractivity contribution in [2.75, 3.05) is 18.8 Å². The molecule has 0 bridgehead atoms. The molecule has 0 spiro atoms. The Morgan fingerprint density at radius 1 is 1.12 bits per heavy atom. The van der Waals surface area contributed by atoms with Crippen LogP contribution in [0.1, 0.15) is 44.9 Å². The number of rotatable bonds is 4. The summed E-state index contributed by atoms with van der Waals surface area (Å²) in [5.41, 5.74) is 0. The van der Waals surface area contributed by atoms with Gasteiger partial charge in [0, 0.05) is 6.04 Å². The molecule has 4 nitrogen and oxygen atoms in total. The summed E-state index contributed by atoms with van der Waals surface area (Å²) >= 11 is 0. The molecule has 2 aliphatic rings. The Balaban J connectivity index is 1.82. The molecule has 0 unspecified atom stereocenters. The summed E-state index contributed by atoms with van der Waals surface area (Å²) in [7, 11) is -3.28. The number of piperidine rings is 1. The molecule has 5 heteroatoms. The first kappa shape index (κ1) is 13.3. The zero-order valence-corrected chi connectivity index (χ0v) is 11.3. The lowest BCUT2D eigenvalue weighted by atomic mass is 9.78. The highest BCUT2D eigenvalue weighted by molar-refractivity contribution is 7.89. The minimum Gasteiger partial charge on any atom is -0.300 e. The van der Waals surface area contributed by atoms with Gasteiger partial charge in [-0.25, -0.2) is 13.6 Å². The van der Waals surface area contributed by atoms with Crippen molar-refractivity contribution in [1.29, 1.82) is 0 Å². The Morgan fingerprint density at radius 3 is 2.59 bits per heavy atom. The first-order valence-corrected chi connectivity index (χ1v) is 8.52. The summed E-state index contributed by atoms with van der Waals surface area (Å²) in [6.45, 7) is 2.05. The van der Waals surface area contributed by atoms with Crippen molar-refractivity contribution >= 4 is 10.0 Å². The number of nitrogens with two attached hydrogens (primary N) is 1. The van der Waals surface area contributed by atoms with Gasteiger partial charge in [0.05, 0.1) is 5.75 Å². The minimum atomic E-state index is -3.28. The second kappa shape index (κ2) is 5.67. The molecule has 2 N–H and O–H groups in total. The van der Waals surface area contributed by atoms with Crippen LogP contribution in [0.4, 0.5) is 0 Å². The van der Waals surface area contributed by atoms with E-state index in [1.165, 1.54) is 38.5 Å². The van der Waals surface area contributed by atoms with Gasteiger partial charge >= 0.3 is 0 Å². The average molecular weight is 260 g/mol. The van der Waals surface area contributed by atoms with Crippen LogP contribution in [0.15, 0.2) is 0 Å². The molecule has 0 aromatic heterocycles. The second-order valence-corrected chi connectivity index (χ2v) is 7.24. The van der Waals surface area contributed by atoms with Gasteiger partial charge in [0.2, 0.25) is 10.0 Å². The van der Waals surface area contributed by atoms with E-state index in [4.69, 9.17) is 5.14 Å². The van der Waals surface area contributed by atoms with Crippen LogP contribution in [0, 0.1) is 5.92 Å². The van der Waals surface area contributed by atoms with E-state index in [0.717, 1.165) is 25.0 Å². The Morgan fingerprint density at radius 2 is 1.82 bits per heavy atom. The van der Waals surface area contributed by atoms with Crippen molar-refractivity contribution in [3.63, 3.8) is 0 Å². The van der Waals surface area contributed by atoms with Gasteiger partial charge in [-0.3, -0.25) is 0 Å². The van der Waals surface area contributed by atoms with Crippen LogP contribution in [0.3, 0.4) is 0 Å². The maximum absolute atomic E-state index is 10.9. The molecule has 0 amide bonds. The Labute approximate surface area is 105 Å². The summed E-state index contributed by atoms with van der Waals surface area (Å²) in [5, 5.41) is 5.04. The van der Waals surface area contributed by atoms with Crippen LogP contribution >= 0.6 is 0 Å². The molecule has 0 aromatic carbocycles. The van der Waals surface area contributed by atoms with E-state index in [2.05, 4.69) is 4.90 Å². The molecule has 1 aliphatic carbocycles. The van der Waals surface area contributed by atoms with E-state index in [-0.39, 0.29) is 5.75 Å². The normalized spacial score (nSPS) is 31.1. The summed E-state index contributed by atoms with van der Waals surface area (Å²) in [4.78, 5) is 2.51. The third-order valence-corrected chi connectivity index (χ3v) is 5.09. The average Bonchev–Trinajstić information content (AvgIpc) is 2.28. The van der Waals surface area contributed by atoms with Crippen LogP contribution in [0.25, 0.3) is 0 Å². The van der Waals surface area contributed by atoms with E-state index >= 15 is 0 Å². The highest BCUT2D eigenvalue weighted by Gasteiger charge is 2.32. The van der Waals surface area contributed by atoms with Crippen molar-refractivity contribution in [3.05, 3.63) is 0 Å². The van der Waals surface area contributed by atoms with Crippen LogP contribution in [-0.4, -0.2) is 38.2 Å². The quantitative estimate of drug-likeness (QED) is 0.829. The summed E-state index contributed by atoms with van der Waals surface area (Å²) in [6.07, 6.45) is 8.73. The van der Waals surface area contributed by atoms with Gasteiger partial charge in [0.1, 0.15) is 0 Å². The second-order valence-electron chi connectivity index (χ2n) is 5.51. The standard InChI is InChI=1S/C12H24N2O2S/c13-17(15,16)10-4-9-14-8-3-6-11-5-1-2-7-12(11)14/h11-12H,1-10H2,(H2,13,15,16)/t11-,12-/m1/s1. The lowest BCUT2D eigenvalue weighted by Gasteiger charge is -2.44. The highest BCUT2D eigenvalue weighted by atomic mass is 32.2. The van der Waals surface area contributed by atoms with Gasteiger partial charge in [-0.2, -0.15) is 0 Å². The maximum Gasteiger partial charge on any atom is 0.209 e. The number of primary sulfonamides is 1. The number of sulfonamides is 1. The van der Waals surface area contributed by atoms with Gasteiger partial charge in [-0.05, 0) is 51.1 Å². The fraction of sp³-hybridized carbons (Fsp3) is 1.00. The number of nitrogens with zero attached hydrogens (tertiary/aromatic N) is 1. The number of hydrogen-bond acceptors (Lipinski definition) is 3. The van der Waals surface area contributed by atoms with E-state index < -0.39 is 10.0 Å². The lowest BCUT2D eigenvalue weighted by Crippen LogP contribution is -2.47. The molecular weight excluding hydrogens is 236 g/mol. The maximum atomic E-state index is 10.9. The van der Waals surface area contributed by atoms with Crippen LogP contribution in [-0.2, 0) is 10.0 Å². The molecule has 2 fully saturated rings. The van der Waals surface area contributed by atoms with Gasteiger partial charge < -0.3 is 4.90 Å². The summed E-state index contributed by atoms with van der Waals surface area (Å²) in [6, 6.07) is 0.720. The monoisotopic (exact) mass is 260 g/mol. The molecule has 100 valence electrons. The predicted octanol–water partition coefficient (Wildman–Crippen LogP) is 1.32. The van der Waals surface area contributed by atoms with Crippen molar-refractivity contribution in [1.82, 2.24) is 4.90 Å². The molecule has 2 atom stereocenters. The summed E-state index contributed by atoms with van der Waals surface area (Å²) in [5.74, 6) is 0.993. The fourth-order valence-electron chi connectivity index (χ4n) is 3.47. The topological polar surface area (TPSA) is 63.4 Å². The Kier molecular flexibility index (Phi) is 4.44. The van der Waals surface area contributed by atoms with Gasteiger partial charge in [0.15, 0.2) is 0 Å². The number of hydrogen-bond donors (Lipinski definition) is 1. The largest absolute Gasteiger partial charge is 0.300 e. The zero-order valence-electron chi connectivity index (χ0n) is 10.5. The molecule has 17 heavy (non-hydrogen) atoms. The molecule has 1 saturated carbocycles. The SMILES string of the molecule is NS(=O)(=O)CCCN1CCC[C@H]2CCCC[C@H]21. The van der Waals surface area contributed by atoms with Crippen LogP contribution < -0.4 is 5.14 Å². The summed E-state index contributed by atoms with van der Waals surface area (Å²) < 4.78 is 21.8. The first-order chi connectivity index (χ1) is 8.06. The zero-order chi connectivity index (χ0) is 12.3. The van der Waals surface area contributed by atoms with Crippen molar-refractivity contribution in [3.8, 4) is 0 Å². The van der Waals surface area contributed by atoms with Crippen molar-refractivity contribution < 1.29 is 8.42 Å². The van der Waals surface area contributed by atoms with E-state index in [0.29, 0.717) is 6.42 Å². The van der Waals surface area contributed by atoms with Crippen molar-refractivity contribution in [2.24, 2.45) is 11.1 Å². The Hall–Kier alpha value is -0.130. The molecule has 1 aliphatic heterocycles. The van der Waals surface area contributed by atoms with E-state index in [9.17, 15) is 8.42 Å². The fourth-order valence-corrected chi connectivity index (χ4v) is 4.01. The van der Waals surface area contributed by atoms with Crippen molar-refractivity contribution in [2.45, 2.75) is 51.0 Å². The lowest BCUT2D eigenvalue weighted by molar-refractivity contribution is 0.0613. The molecule has 0 aromatic rings. The van der Waals surface area contributed by atoms with Gasteiger partial charge in [-0.15, -0.1) is 0 Å². The van der Waals surface area contributed by atoms with E-state index in [1.807, 2.05) is 0 Å². The third-order valence-electron chi connectivity index (χ3n) is 4.23. The van der Waals surface area contributed by atoms with Gasteiger partial charge in [0.25, 0.3) is 0 Å². The van der Waals surface area contributed by atoms with Crippen LogP contribution in [0.2, 0.25) is 0 Å². The molecule has 1 saturated heterocycles. The van der Waals surface area contributed by atoms with E-state index in [1.54, 1.807) is 0 Å². The molecule has 1 heterocycles. The third kappa shape index (κ3) is 3.93. The molecular formula is C12H24N2O2S. The number of fused-ring (bicyclic) bond motifs is 1. The molecule has 0 radical (unpaired) electrons. The Bertz CT molecular complexity index is 340. The smallest absolute Gasteiger partial charge is 0.209 e. The first-order valence-electron chi connectivity index (χ1n) is 6.81. The number of likely N-dealkylation sites (tertiary alicyclic amines) is 1. The minimum absolute atomic E-state index is 0.126. The molecule has 2 rings (SSSR count). The van der Waals surface area contributed by atoms with Crippen LogP contribution in [0.5, 0.6) is 0 Å². The highest BCUT2D eigenvalue weighted by Crippen LogP contribution is 2.35. The van der Waals surface area contributed by atoms with Gasteiger partial charge in [-0.1, -0.05) is 12.8 Å².